The molecule has 2 heterocycles. The Morgan fingerprint density at radius 2 is 1.78 bits per heavy atom. The fourth-order valence-electron chi connectivity index (χ4n) is 4.02. The van der Waals surface area contributed by atoms with Gasteiger partial charge in [-0.05, 0) is 52.7 Å². The molecule has 192 valence electrons. The second-order valence-electron chi connectivity index (χ2n) is 9.15. The summed E-state index contributed by atoms with van der Waals surface area (Å²) >= 11 is 0. The monoisotopic (exact) mass is 513 g/mol. The van der Waals surface area contributed by atoms with Gasteiger partial charge in [-0.25, -0.2) is 15.0 Å². The number of amides is 1. The van der Waals surface area contributed by atoms with Crippen molar-refractivity contribution in [1.29, 1.82) is 0 Å². The highest BCUT2D eigenvalue weighted by Crippen LogP contribution is 2.51. The van der Waals surface area contributed by atoms with Crippen LogP contribution in [0.25, 0.3) is 11.2 Å². The molecule has 1 aromatic carbocycles. The second kappa shape index (κ2) is 11.4. The van der Waals surface area contributed by atoms with Gasteiger partial charge >= 0.3 is 7.60 Å². The van der Waals surface area contributed by atoms with Crippen molar-refractivity contribution in [2.75, 3.05) is 11.7 Å². The van der Waals surface area contributed by atoms with Crippen molar-refractivity contribution in [3.8, 4) is 0 Å². The number of aromatic nitrogens is 4. The Morgan fingerprint density at radius 1 is 1.06 bits per heavy atom. The van der Waals surface area contributed by atoms with Crippen LogP contribution in [-0.2, 0) is 18.3 Å². The lowest BCUT2D eigenvalue weighted by molar-refractivity contribution is 0.0670. The SMILES string of the molecule is CC(C)OP(=O)(CO[C@@H]1C=C[C@H](n2cnc3c(NC(=O)c4ccccc4)ncnc32)CC1)OC(C)C. The lowest BCUT2D eigenvalue weighted by Crippen LogP contribution is -2.21. The average molecular weight is 514 g/mol. The first-order valence-corrected chi connectivity index (χ1v) is 13.8. The molecule has 0 fully saturated rings. The molecule has 4 rings (SSSR count). The molecular weight excluding hydrogens is 481 g/mol. The lowest BCUT2D eigenvalue weighted by Gasteiger charge is -2.27. The normalized spacial score (nSPS) is 18.3. The zero-order valence-electron chi connectivity index (χ0n) is 20.9. The van der Waals surface area contributed by atoms with E-state index in [0.717, 1.165) is 6.42 Å². The molecule has 0 saturated carbocycles. The van der Waals surface area contributed by atoms with Crippen LogP contribution in [0.15, 0.2) is 55.1 Å². The molecular formula is C25H32N5O5P. The summed E-state index contributed by atoms with van der Waals surface area (Å²) in [6.07, 6.45) is 7.81. The van der Waals surface area contributed by atoms with Crippen LogP contribution in [-0.4, -0.2) is 50.1 Å². The van der Waals surface area contributed by atoms with Gasteiger partial charge in [0.05, 0.1) is 30.7 Å². The van der Waals surface area contributed by atoms with Crippen LogP contribution in [0, 0.1) is 0 Å². The molecule has 0 spiro atoms. The van der Waals surface area contributed by atoms with Gasteiger partial charge in [-0.2, -0.15) is 0 Å². The third-order valence-corrected chi connectivity index (χ3v) is 7.42. The maximum Gasteiger partial charge on any atom is 0.356 e. The van der Waals surface area contributed by atoms with Crippen molar-refractivity contribution in [2.24, 2.45) is 0 Å². The van der Waals surface area contributed by atoms with Crippen LogP contribution < -0.4 is 5.32 Å². The summed E-state index contributed by atoms with van der Waals surface area (Å²) in [6.45, 7) is 7.27. The number of benzene rings is 1. The summed E-state index contributed by atoms with van der Waals surface area (Å²) in [5.74, 6) is 0.0996. The zero-order chi connectivity index (χ0) is 25.7. The fourth-order valence-corrected chi connectivity index (χ4v) is 5.85. The number of carbonyl (C=O) groups is 1. The second-order valence-corrected chi connectivity index (χ2v) is 11.1. The molecule has 1 amide bonds. The van der Waals surface area contributed by atoms with Crippen molar-refractivity contribution in [2.45, 2.75) is 64.9 Å². The third-order valence-electron chi connectivity index (χ3n) is 5.47. The first-order chi connectivity index (χ1) is 17.2. The molecule has 0 radical (unpaired) electrons. The van der Waals surface area contributed by atoms with Gasteiger partial charge in [0, 0.05) is 5.56 Å². The maximum atomic E-state index is 13.0. The Labute approximate surface area is 210 Å². The van der Waals surface area contributed by atoms with E-state index >= 15 is 0 Å². The van der Waals surface area contributed by atoms with Gasteiger partial charge in [0.25, 0.3) is 5.91 Å². The number of carbonyl (C=O) groups excluding carboxylic acids is 1. The van der Waals surface area contributed by atoms with Crippen molar-refractivity contribution in [3.05, 3.63) is 60.7 Å². The minimum Gasteiger partial charge on any atom is -0.362 e. The summed E-state index contributed by atoms with van der Waals surface area (Å²) < 4.78 is 32.0. The van der Waals surface area contributed by atoms with E-state index in [9.17, 15) is 9.36 Å². The predicted octanol–water partition coefficient (Wildman–Crippen LogP) is 5.36. The summed E-state index contributed by atoms with van der Waals surface area (Å²) in [4.78, 5) is 25.7. The lowest BCUT2D eigenvalue weighted by atomic mass is 10.0. The number of allylic oxidation sites excluding steroid dienone is 1. The molecule has 11 heteroatoms. The number of imidazole rings is 1. The molecule has 2 atom stereocenters. The zero-order valence-corrected chi connectivity index (χ0v) is 21.8. The number of hydrogen-bond donors (Lipinski definition) is 1. The molecule has 3 aromatic rings. The van der Waals surface area contributed by atoms with Gasteiger partial charge in [0.2, 0.25) is 0 Å². The molecule has 10 nitrogen and oxygen atoms in total. The topological polar surface area (TPSA) is 117 Å². The largest absolute Gasteiger partial charge is 0.362 e. The van der Waals surface area contributed by atoms with Gasteiger partial charge < -0.3 is 23.7 Å². The smallest absolute Gasteiger partial charge is 0.356 e. The van der Waals surface area contributed by atoms with Crippen LogP contribution in [0.1, 0.15) is 56.9 Å². The number of nitrogens with zero attached hydrogens (tertiary/aromatic N) is 4. The highest BCUT2D eigenvalue weighted by Gasteiger charge is 2.30. The first-order valence-electron chi connectivity index (χ1n) is 12.0. The predicted molar refractivity (Wildman–Crippen MR) is 137 cm³/mol. The average Bonchev–Trinajstić information content (AvgIpc) is 3.28. The Balaban J connectivity index is 1.43. The number of anilines is 1. The Kier molecular flexibility index (Phi) is 8.31. The standard InChI is InChI=1S/C25H32N5O5P/c1-17(2)34-36(32,35-18(3)4)16-33-21-12-10-20(11-13-21)30-15-28-22-23(26-14-27-24(22)30)29-25(31)19-8-6-5-7-9-19/h5-10,12,14-15,17-18,20-21H,11,13,16H2,1-4H3,(H,26,27,29,31)/t20-,21+/m0/s1. The van der Waals surface area contributed by atoms with E-state index in [0.29, 0.717) is 29.0 Å². The van der Waals surface area contributed by atoms with Crippen LogP contribution in [0.3, 0.4) is 0 Å². The minimum absolute atomic E-state index is 0.00746. The molecule has 0 bridgehead atoms. The van der Waals surface area contributed by atoms with Crippen molar-refractivity contribution in [1.82, 2.24) is 19.5 Å². The third kappa shape index (κ3) is 6.44. The van der Waals surface area contributed by atoms with Crippen LogP contribution in [0.5, 0.6) is 0 Å². The van der Waals surface area contributed by atoms with Gasteiger partial charge in [-0.15, -0.1) is 0 Å². The van der Waals surface area contributed by atoms with E-state index in [1.54, 1.807) is 30.6 Å². The van der Waals surface area contributed by atoms with Crippen LogP contribution >= 0.6 is 7.60 Å². The van der Waals surface area contributed by atoms with Crippen molar-refractivity contribution in [3.63, 3.8) is 0 Å². The summed E-state index contributed by atoms with van der Waals surface area (Å²) in [5, 5.41) is 2.83. The number of hydrogen-bond acceptors (Lipinski definition) is 8. The Hall–Kier alpha value is -2.91. The number of fused-ring (bicyclic) bond motifs is 1. The van der Waals surface area contributed by atoms with Crippen molar-refractivity contribution < 1.29 is 23.1 Å². The summed E-state index contributed by atoms with van der Waals surface area (Å²) in [7, 11) is -3.36. The van der Waals surface area contributed by atoms with E-state index in [-0.39, 0.29) is 36.6 Å². The van der Waals surface area contributed by atoms with Gasteiger partial charge in [0.1, 0.15) is 12.7 Å². The van der Waals surface area contributed by atoms with Crippen molar-refractivity contribution >= 4 is 30.5 Å². The fraction of sp³-hybridized carbons (Fsp3) is 0.440. The Morgan fingerprint density at radius 3 is 2.42 bits per heavy atom. The molecule has 1 aliphatic rings. The van der Waals surface area contributed by atoms with Gasteiger partial charge in [0.15, 0.2) is 17.0 Å². The molecule has 1 aliphatic carbocycles. The molecule has 1 N–H and O–H groups in total. The molecule has 0 aliphatic heterocycles. The highest BCUT2D eigenvalue weighted by atomic mass is 31.2. The van der Waals surface area contributed by atoms with Crippen LogP contribution in [0.4, 0.5) is 5.82 Å². The number of rotatable bonds is 10. The van der Waals surface area contributed by atoms with E-state index in [1.165, 1.54) is 6.33 Å². The quantitative estimate of drug-likeness (QED) is 0.285. The van der Waals surface area contributed by atoms with E-state index in [2.05, 4.69) is 20.3 Å². The van der Waals surface area contributed by atoms with Gasteiger partial charge in [-0.1, -0.05) is 30.4 Å². The molecule has 0 saturated heterocycles. The minimum atomic E-state index is -3.36. The number of nitrogens with one attached hydrogen (secondary N) is 1. The summed E-state index contributed by atoms with van der Waals surface area (Å²) in [5.41, 5.74) is 1.68. The molecule has 2 aromatic heterocycles. The maximum absolute atomic E-state index is 13.0. The first kappa shape index (κ1) is 26.2. The highest BCUT2D eigenvalue weighted by molar-refractivity contribution is 7.53. The van der Waals surface area contributed by atoms with Crippen LogP contribution in [0.2, 0.25) is 0 Å². The molecule has 0 unspecified atom stereocenters. The van der Waals surface area contributed by atoms with E-state index < -0.39 is 7.60 Å². The number of ether oxygens (including phenoxy) is 1. The van der Waals surface area contributed by atoms with Gasteiger partial charge in [-0.3, -0.25) is 9.36 Å². The molecule has 36 heavy (non-hydrogen) atoms. The Bertz CT molecular complexity index is 1250. The van der Waals surface area contributed by atoms with E-state index in [4.69, 9.17) is 13.8 Å². The van der Waals surface area contributed by atoms with E-state index in [1.807, 2.05) is 50.5 Å². The summed E-state index contributed by atoms with van der Waals surface area (Å²) in [6, 6.07) is 8.94.